The van der Waals surface area contributed by atoms with Gasteiger partial charge in [-0.2, -0.15) is 5.26 Å². The number of aromatic nitrogens is 1. The van der Waals surface area contributed by atoms with Gasteiger partial charge in [0.1, 0.15) is 5.82 Å². The molecule has 2 aromatic rings. The lowest BCUT2D eigenvalue weighted by Gasteiger charge is -2.34. The number of pyridine rings is 1. The molecule has 1 aliphatic heterocycles. The molecule has 1 aromatic carbocycles. The van der Waals surface area contributed by atoms with Gasteiger partial charge >= 0.3 is 0 Å². The summed E-state index contributed by atoms with van der Waals surface area (Å²) in [7, 11) is 2.14. The molecule has 0 N–H and O–H groups in total. The van der Waals surface area contributed by atoms with Gasteiger partial charge in [0.05, 0.1) is 18.0 Å². The zero-order valence-corrected chi connectivity index (χ0v) is 12.6. The number of piperazine rings is 1. The zero-order valence-electron chi connectivity index (χ0n) is 12.6. The Balaban J connectivity index is 2.08. The van der Waals surface area contributed by atoms with Crippen LogP contribution < -0.4 is 4.90 Å². The van der Waals surface area contributed by atoms with Crippen LogP contribution in [0.2, 0.25) is 0 Å². The Morgan fingerprint density at radius 3 is 2.71 bits per heavy atom. The van der Waals surface area contributed by atoms with Gasteiger partial charge in [-0.1, -0.05) is 18.2 Å². The van der Waals surface area contributed by atoms with Crippen molar-refractivity contribution < 1.29 is 0 Å². The Hall–Kier alpha value is -2.12. The first-order valence-corrected chi connectivity index (χ1v) is 7.39. The average molecular weight is 280 g/mol. The van der Waals surface area contributed by atoms with Crippen molar-refractivity contribution in [3.8, 4) is 6.07 Å². The number of nitriles is 1. The fraction of sp³-hybridized carbons (Fsp3) is 0.412. The molecule has 0 radical (unpaired) electrons. The van der Waals surface area contributed by atoms with Crippen LogP contribution in [0.1, 0.15) is 11.1 Å². The maximum atomic E-state index is 9.11. The largest absolute Gasteiger partial charge is 0.354 e. The summed E-state index contributed by atoms with van der Waals surface area (Å²) in [6, 6.07) is 10.6. The molecule has 0 amide bonds. The maximum absolute atomic E-state index is 9.11. The van der Waals surface area contributed by atoms with E-state index >= 15 is 0 Å². The normalized spacial score (nSPS) is 16.1. The Morgan fingerprint density at radius 1 is 1.24 bits per heavy atom. The second-order valence-electron chi connectivity index (χ2n) is 5.74. The molecule has 1 fully saturated rings. The molecule has 3 rings (SSSR count). The smallest absolute Gasteiger partial charge is 0.133 e. The topological polar surface area (TPSA) is 43.2 Å². The quantitative estimate of drug-likeness (QED) is 0.847. The van der Waals surface area contributed by atoms with E-state index in [1.54, 1.807) is 0 Å². The number of fused-ring (bicyclic) bond motifs is 1. The number of para-hydroxylation sites is 1. The van der Waals surface area contributed by atoms with Crippen LogP contribution in [0, 0.1) is 18.3 Å². The van der Waals surface area contributed by atoms with E-state index in [1.807, 2.05) is 6.07 Å². The summed E-state index contributed by atoms with van der Waals surface area (Å²) in [6.07, 6.45) is 0.415. The second kappa shape index (κ2) is 5.71. The first-order valence-electron chi connectivity index (χ1n) is 7.39. The number of benzene rings is 1. The van der Waals surface area contributed by atoms with Crippen LogP contribution in [0.3, 0.4) is 0 Å². The van der Waals surface area contributed by atoms with E-state index < -0.39 is 0 Å². The van der Waals surface area contributed by atoms with E-state index in [9.17, 15) is 0 Å². The van der Waals surface area contributed by atoms with Gasteiger partial charge in [0.2, 0.25) is 0 Å². The molecular weight excluding hydrogens is 260 g/mol. The van der Waals surface area contributed by atoms with E-state index in [1.165, 1.54) is 5.56 Å². The van der Waals surface area contributed by atoms with Gasteiger partial charge in [-0.15, -0.1) is 0 Å². The van der Waals surface area contributed by atoms with Gasteiger partial charge in [0.15, 0.2) is 0 Å². The Kier molecular flexibility index (Phi) is 3.76. The first-order chi connectivity index (χ1) is 10.2. The number of anilines is 1. The van der Waals surface area contributed by atoms with Crippen molar-refractivity contribution in [1.29, 1.82) is 5.26 Å². The minimum absolute atomic E-state index is 0.415. The number of nitrogens with zero attached hydrogens (tertiary/aromatic N) is 4. The summed E-state index contributed by atoms with van der Waals surface area (Å²) in [6.45, 7) is 6.12. The summed E-state index contributed by atoms with van der Waals surface area (Å²) in [5.74, 6) is 0.992. The van der Waals surface area contributed by atoms with Crippen molar-refractivity contribution in [1.82, 2.24) is 9.88 Å². The second-order valence-corrected chi connectivity index (χ2v) is 5.74. The highest BCUT2D eigenvalue weighted by Gasteiger charge is 2.19. The van der Waals surface area contributed by atoms with Gasteiger partial charge in [0.25, 0.3) is 0 Å². The van der Waals surface area contributed by atoms with Crippen LogP contribution in [0.5, 0.6) is 0 Å². The molecule has 1 aliphatic rings. The molecule has 0 saturated carbocycles. The molecular formula is C17H20N4. The lowest BCUT2D eigenvalue weighted by Crippen LogP contribution is -2.45. The summed E-state index contributed by atoms with van der Waals surface area (Å²) in [5, 5.41) is 10.2. The van der Waals surface area contributed by atoms with E-state index in [0.717, 1.165) is 48.5 Å². The number of likely N-dealkylation sites (N-methyl/N-ethyl adjacent to an activating group) is 1. The third-order valence-electron chi connectivity index (χ3n) is 4.18. The fourth-order valence-corrected chi connectivity index (χ4v) is 2.89. The number of hydrogen-bond donors (Lipinski definition) is 0. The molecule has 4 nitrogen and oxygen atoms in total. The zero-order chi connectivity index (χ0) is 14.8. The highest BCUT2D eigenvalue weighted by molar-refractivity contribution is 5.84. The first kappa shape index (κ1) is 13.8. The van der Waals surface area contributed by atoms with Crippen LogP contribution >= 0.6 is 0 Å². The van der Waals surface area contributed by atoms with Gasteiger partial charge in [-0.25, -0.2) is 4.98 Å². The van der Waals surface area contributed by atoms with Gasteiger partial charge in [-0.3, -0.25) is 0 Å². The van der Waals surface area contributed by atoms with Crippen molar-refractivity contribution in [3.05, 3.63) is 35.4 Å². The lowest BCUT2D eigenvalue weighted by molar-refractivity contribution is 0.312. The predicted octanol–water partition coefficient (Wildman–Crippen LogP) is 2.36. The third kappa shape index (κ3) is 2.70. The minimum atomic E-state index is 0.415. The third-order valence-corrected chi connectivity index (χ3v) is 4.18. The molecule has 108 valence electrons. The Bertz CT molecular complexity index is 694. The lowest BCUT2D eigenvalue weighted by atomic mass is 10.1. The number of hydrogen-bond acceptors (Lipinski definition) is 4. The van der Waals surface area contributed by atoms with Crippen LogP contribution in [0.4, 0.5) is 5.82 Å². The summed E-state index contributed by atoms with van der Waals surface area (Å²) < 4.78 is 0. The summed E-state index contributed by atoms with van der Waals surface area (Å²) in [5.41, 5.74) is 3.28. The van der Waals surface area contributed by atoms with Crippen molar-refractivity contribution in [3.63, 3.8) is 0 Å². The Morgan fingerprint density at radius 2 is 2.00 bits per heavy atom. The van der Waals surface area contributed by atoms with Crippen LogP contribution in [-0.4, -0.2) is 43.1 Å². The molecule has 2 heterocycles. The monoisotopic (exact) mass is 280 g/mol. The van der Waals surface area contributed by atoms with E-state index in [-0.39, 0.29) is 0 Å². The van der Waals surface area contributed by atoms with E-state index in [0.29, 0.717) is 6.42 Å². The molecule has 1 aromatic heterocycles. The molecule has 1 saturated heterocycles. The molecule has 0 aliphatic carbocycles. The van der Waals surface area contributed by atoms with Crippen molar-refractivity contribution in [2.24, 2.45) is 0 Å². The van der Waals surface area contributed by atoms with E-state index in [4.69, 9.17) is 10.2 Å². The number of rotatable bonds is 2. The molecule has 0 atom stereocenters. The number of aryl methyl sites for hydroxylation is 1. The molecule has 0 spiro atoms. The van der Waals surface area contributed by atoms with Gasteiger partial charge in [0, 0.05) is 37.1 Å². The van der Waals surface area contributed by atoms with Crippen LogP contribution in [0.15, 0.2) is 24.3 Å². The van der Waals surface area contributed by atoms with Gasteiger partial charge in [-0.05, 0) is 25.6 Å². The molecule has 4 heteroatoms. The average Bonchev–Trinajstić information content (AvgIpc) is 2.48. The van der Waals surface area contributed by atoms with Crippen molar-refractivity contribution in [2.75, 3.05) is 38.1 Å². The maximum Gasteiger partial charge on any atom is 0.133 e. The van der Waals surface area contributed by atoms with Gasteiger partial charge < -0.3 is 9.80 Å². The molecule has 0 unspecified atom stereocenters. The highest BCUT2D eigenvalue weighted by Crippen LogP contribution is 2.26. The van der Waals surface area contributed by atoms with Crippen LogP contribution in [0.25, 0.3) is 10.9 Å². The molecule has 0 bridgehead atoms. The van der Waals surface area contributed by atoms with E-state index in [2.05, 4.69) is 48.0 Å². The highest BCUT2D eigenvalue weighted by atomic mass is 15.3. The Labute approximate surface area is 125 Å². The SMILES string of the molecule is Cc1cccc2cc(CC#N)c(N3CCN(C)CC3)nc12. The summed E-state index contributed by atoms with van der Waals surface area (Å²) in [4.78, 5) is 9.54. The molecule has 21 heavy (non-hydrogen) atoms. The fourth-order valence-electron chi connectivity index (χ4n) is 2.89. The standard InChI is InChI=1S/C17H20N4/c1-13-4-3-5-14-12-15(6-7-18)17(19-16(13)14)21-10-8-20(2)9-11-21/h3-5,12H,6,8-11H2,1-2H3. The van der Waals surface area contributed by atoms with Crippen LogP contribution in [-0.2, 0) is 6.42 Å². The summed E-state index contributed by atoms with van der Waals surface area (Å²) >= 11 is 0. The van der Waals surface area contributed by atoms with Crippen molar-refractivity contribution >= 4 is 16.7 Å². The predicted molar refractivity (Wildman–Crippen MR) is 85.5 cm³/mol. The van der Waals surface area contributed by atoms with Crippen molar-refractivity contribution in [2.45, 2.75) is 13.3 Å². The minimum Gasteiger partial charge on any atom is -0.354 e.